The fourth-order valence-corrected chi connectivity index (χ4v) is 4.01. The summed E-state index contributed by atoms with van der Waals surface area (Å²) in [5.41, 5.74) is -0.145. The lowest BCUT2D eigenvalue weighted by atomic mass is 9.88. The van der Waals surface area contributed by atoms with Crippen molar-refractivity contribution in [3.8, 4) is 0 Å². The van der Waals surface area contributed by atoms with E-state index in [1.165, 1.54) is 4.57 Å². The summed E-state index contributed by atoms with van der Waals surface area (Å²) in [5, 5.41) is 0. The Kier molecular flexibility index (Phi) is 4.43. The van der Waals surface area contributed by atoms with Crippen molar-refractivity contribution in [2.75, 3.05) is 13.1 Å². The van der Waals surface area contributed by atoms with Gasteiger partial charge in [0.25, 0.3) is 0 Å². The number of aryl methyl sites for hydroxylation is 1. The van der Waals surface area contributed by atoms with Crippen LogP contribution in [0.2, 0.25) is 0 Å². The number of hydrogen-bond acceptors (Lipinski definition) is 1. The highest BCUT2D eigenvalue weighted by Crippen LogP contribution is 2.39. The average molecular weight is 328 g/mol. The first-order chi connectivity index (χ1) is 10.9. The summed E-state index contributed by atoms with van der Waals surface area (Å²) < 4.78 is 40.9. The Morgan fingerprint density at radius 1 is 1.09 bits per heavy atom. The van der Waals surface area contributed by atoms with Crippen LogP contribution in [0.3, 0.4) is 0 Å². The molecule has 1 aliphatic heterocycles. The molecule has 3 nitrogen and oxygen atoms in total. The van der Waals surface area contributed by atoms with Crippen molar-refractivity contribution in [3.05, 3.63) is 23.5 Å². The van der Waals surface area contributed by atoms with Crippen LogP contribution in [-0.4, -0.2) is 28.5 Å². The number of rotatable bonds is 2. The zero-order valence-electron chi connectivity index (χ0n) is 13.4. The van der Waals surface area contributed by atoms with Gasteiger partial charge in [-0.2, -0.15) is 13.2 Å². The number of aromatic nitrogens is 1. The Labute approximate surface area is 134 Å². The number of likely N-dealkylation sites (tertiary alicyclic amines) is 1. The van der Waals surface area contributed by atoms with Crippen LogP contribution in [0.15, 0.2) is 12.4 Å². The quantitative estimate of drug-likeness (QED) is 0.807. The maximum Gasteiger partial charge on any atom is 0.418 e. The smallest absolute Gasteiger partial charge is 0.356 e. The van der Waals surface area contributed by atoms with E-state index in [-0.39, 0.29) is 17.7 Å². The van der Waals surface area contributed by atoms with E-state index in [2.05, 4.69) is 0 Å². The molecule has 1 aliphatic carbocycles. The van der Waals surface area contributed by atoms with Crippen molar-refractivity contribution in [2.24, 2.45) is 13.0 Å². The first kappa shape index (κ1) is 16.4. The van der Waals surface area contributed by atoms with E-state index < -0.39 is 11.7 Å². The predicted molar refractivity (Wildman–Crippen MR) is 80.9 cm³/mol. The Morgan fingerprint density at radius 2 is 1.70 bits per heavy atom. The van der Waals surface area contributed by atoms with Gasteiger partial charge in [-0.25, -0.2) is 0 Å². The Bertz CT molecular complexity index is 565. The van der Waals surface area contributed by atoms with E-state index in [0.29, 0.717) is 31.5 Å². The molecule has 6 heteroatoms. The number of hydrogen-bond donors (Lipinski definition) is 0. The van der Waals surface area contributed by atoms with Crippen LogP contribution in [-0.2, 0) is 18.0 Å². The molecule has 0 radical (unpaired) electrons. The molecule has 0 atom stereocenters. The Balaban J connectivity index is 1.66. The van der Waals surface area contributed by atoms with Crippen LogP contribution in [0, 0.1) is 5.92 Å². The second-order valence-corrected chi connectivity index (χ2v) is 6.87. The minimum absolute atomic E-state index is 0.111. The van der Waals surface area contributed by atoms with Gasteiger partial charge in [0, 0.05) is 38.4 Å². The molecule has 0 spiro atoms. The third kappa shape index (κ3) is 3.40. The van der Waals surface area contributed by atoms with Gasteiger partial charge < -0.3 is 9.47 Å². The zero-order valence-corrected chi connectivity index (χ0v) is 13.4. The van der Waals surface area contributed by atoms with Gasteiger partial charge in [-0.15, -0.1) is 0 Å². The number of nitrogens with zero attached hydrogens (tertiary/aromatic N) is 2. The molecule has 1 saturated heterocycles. The standard InChI is InChI=1S/C17H23F3N2O/c1-21-10-14(15(11-21)17(18,19)20)12-6-8-22(9-7-12)16(23)13-4-2-3-5-13/h10-13H,2-9H2,1H3. The van der Waals surface area contributed by atoms with Crippen molar-refractivity contribution >= 4 is 5.91 Å². The summed E-state index contributed by atoms with van der Waals surface area (Å²) in [7, 11) is 1.62. The van der Waals surface area contributed by atoms with Crippen molar-refractivity contribution in [1.82, 2.24) is 9.47 Å². The van der Waals surface area contributed by atoms with E-state index in [1.54, 1.807) is 13.2 Å². The van der Waals surface area contributed by atoms with Gasteiger partial charge in [0.2, 0.25) is 5.91 Å². The van der Waals surface area contributed by atoms with E-state index in [0.717, 1.165) is 31.9 Å². The lowest BCUT2D eigenvalue weighted by molar-refractivity contribution is -0.139. The Hall–Kier alpha value is -1.46. The first-order valence-corrected chi connectivity index (χ1v) is 8.38. The number of alkyl halides is 3. The number of carbonyl (C=O) groups excluding carboxylic acids is 1. The molecule has 1 saturated carbocycles. The molecule has 3 rings (SSSR count). The third-order valence-electron chi connectivity index (χ3n) is 5.24. The summed E-state index contributed by atoms with van der Waals surface area (Å²) >= 11 is 0. The molecule has 2 heterocycles. The molecule has 0 unspecified atom stereocenters. The van der Waals surface area contributed by atoms with Gasteiger partial charge in [-0.3, -0.25) is 4.79 Å². The molecular weight excluding hydrogens is 305 g/mol. The van der Waals surface area contributed by atoms with E-state index in [1.807, 2.05) is 4.90 Å². The second-order valence-electron chi connectivity index (χ2n) is 6.87. The van der Waals surface area contributed by atoms with Gasteiger partial charge in [0.15, 0.2) is 0 Å². The number of carbonyl (C=O) groups is 1. The van der Waals surface area contributed by atoms with Crippen LogP contribution in [0.4, 0.5) is 13.2 Å². The van der Waals surface area contributed by atoms with Gasteiger partial charge in [0.05, 0.1) is 5.56 Å². The maximum absolute atomic E-state index is 13.1. The molecule has 1 amide bonds. The highest BCUT2D eigenvalue weighted by atomic mass is 19.4. The van der Waals surface area contributed by atoms with Crippen molar-refractivity contribution in [1.29, 1.82) is 0 Å². The van der Waals surface area contributed by atoms with Crippen LogP contribution >= 0.6 is 0 Å². The minimum atomic E-state index is -4.31. The fourth-order valence-electron chi connectivity index (χ4n) is 4.01. The average Bonchev–Trinajstić information content (AvgIpc) is 3.15. The summed E-state index contributed by atoms with van der Waals surface area (Å²) in [5.74, 6) is 0.250. The summed E-state index contributed by atoms with van der Waals surface area (Å²) in [6, 6.07) is 0. The van der Waals surface area contributed by atoms with Gasteiger partial charge in [0.1, 0.15) is 0 Å². The van der Waals surface area contributed by atoms with Crippen LogP contribution in [0.25, 0.3) is 0 Å². The highest BCUT2D eigenvalue weighted by Gasteiger charge is 2.38. The predicted octanol–water partition coefficient (Wildman–Crippen LogP) is 3.94. The lowest BCUT2D eigenvalue weighted by Gasteiger charge is -2.34. The highest BCUT2D eigenvalue weighted by molar-refractivity contribution is 5.79. The second kappa shape index (κ2) is 6.21. The molecule has 1 aromatic heterocycles. The van der Waals surface area contributed by atoms with Gasteiger partial charge >= 0.3 is 6.18 Å². The molecule has 0 N–H and O–H groups in total. The molecule has 128 valence electrons. The maximum atomic E-state index is 13.1. The van der Waals surface area contributed by atoms with Crippen molar-refractivity contribution in [2.45, 2.75) is 50.6 Å². The summed E-state index contributed by atoms with van der Waals surface area (Å²) in [6.45, 7) is 1.15. The van der Waals surface area contributed by atoms with Gasteiger partial charge in [-0.05, 0) is 37.2 Å². The van der Waals surface area contributed by atoms with Crippen LogP contribution in [0.1, 0.15) is 55.6 Å². The van der Waals surface area contributed by atoms with Crippen molar-refractivity contribution < 1.29 is 18.0 Å². The first-order valence-electron chi connectivity index (χ1n) is 8.38. The lowest BCUT2D eigenvalue weighted by Crippen LogP contribution is -2.41. The fraction of sp³-hybridized carbons (Fsp3) is 0.706. The molecule has 0 aromatic carbocycles. The zero-order chi connectivity index (χ0) is 16.6. The molecule has 0 bridgehead atoms. The molecule has 2 aliphatic rings. The van der Waals surface area contributed by atoms with Crippen molar-refractivity contribution in [3.63, 3.8) is 0 Å². The van der Waals surface area contributed by atoms with Crippen LogP contribution in [0.5, 0.6) is 0 Å². The largest absolute Gasteiger partial charge is 0.418 e. The minimum Gasteiger partial charge on any atom is -0.356 e. The summed E-state index contributed by atoms with van der Waals surface area (Å²) in [4.78, 5) is 14.3. The molecular formula is C17H23F3N2O. The Morgan fingerprint density at radius 3 is 2.26 bits per heavy atom. The SMILES string of the molecule is Cn1cc(C2CCN(C(=O)C3CCCC3)CC2)c(C(F)(F)F)c1. The third-order valence-corrected chi connectivity index (χ3v) is 5.24. The number of piperidine rings is 1. The monoisotopic (exact) mass is 328 g/mol. The van der Waals surface area contributed by atoms with E-state index in [4.69, 9.17) is 0 Å². The van der Waals surface area contributed by atoms with Crippen LogP contribution < -0.4 is 0 Å². The van der Waals surface area contributed by atoms with E-state index >= 15 is 0 Å². The normalized spacial score (nSPS) is 21.1. The molecule has 2 fully saturated rings. The number of amides is 1. The topological polar surface area (TPSA) is 25.2 Å². The molecule has 23 heavy (non-hydrogen) atoms. The van der Waals surface area contributed by atoms with Gasteiger partial charge in [-0.1, -0.05) is 12.8 Å². The van der Waals surface area contributed by atoms with E-state index in [9.17, 15) is 18.0 Å². The number of halogens is 3. The molecule has 1 aromatic rings. The summed E-state index contributed by atoms with van der Waals surface area (Å²) in [6.07, 6.45) is 3.83.